The van der Waals surface area contributed by atoms with Gasteiger partial charge in [0.1, 0.15) is 5.75 Å². The number of rotatable bonds is 4. The Labute approximate surface area is 102 Å². The fourth-order valence-electron chi connectivity index (χ4n) is 2.17. The van der Waals surface area contributed by atoms with Gasteiger partial charge in [0.15, 0.2) is 0 Å². The van der Waals surface area contributed by atoms with Gasteiger partial charge in [-0.3, -0.25) is 0 Å². The highest BCUT2D eigenvalue weighted by molar-refractivity contribution is 6.01. The van der Waals surface area contributed by atoms with Crippen LogP contribution in [0.15, 0.2) is 24.3 Å². The summed E-state index contributed by atoms with van der Waals surface area (Å²) in [6.45, 7) is 1.82. The van der Waals surface area contributed by atoms with Crippen LogP contribution in [-0.4, -0.2) is 17.9 Å². The molecule has 1 aliphatic carbocycles. The van der Waals surface area contributed by atoms with E-state index in [-0.39, 0.29) is 6.04 Å². The fraction of sp³-hybridized carbons (Fsp3) is 0.500. The molecule has 0 aromatic heterocycles. The van der Waals surface area contributed by atoms with E-state index in [1.165, 1.54) is 12.8 Å². The van der Waals surface area contributed by atoms with Crippen molar-refractivity contribution in [2.75, 3.05) is 0 Å². The van der Waals surface area contributed by atoms with Crippen LogP contribution >= 0.6 is 0 Å². The molecule has 0 saturated heterocycles. The summed E-state index contributed by atoms with van der Waals surface area (Å²) in [7, 11) is 0. The summed E-state index contributed by atoms with van der Waals surface area (Å²) in [5.41, 5.74) is 7.03. The first-order valence-electron chi connectivity index (χ1n) is 6.28. The average molecular weight is 232 g/mol. The molecule has 1 unspecified atom stereocenters. The number of benzene rings is 1. The van der Waals surface area contributed by atoms with Gasteiger partial charge in [-0.05, 0) is 62.4 Å². The van der Waals surface area contributed by atoms with Crippen molar-refractivity contribution in [1.82, 2.24) is 0 Å². The number of hydrogen-bond acceptors (Lipinski definition) is 3. The highest BCUT2D eigenvalue weighted by Crippen LogP contribution is 2.24. The molecule has 92 valence electrons. The Morgan fingerprint density at radius 3 is 2.41 bits per heavy atom. The van der Waals surface area contributed by atoms with Crippen LogP contribution in [0.2, 0.25) is 0 Å². The summed E-state index contributed by atoms with van der Waals surface area (Å²) < 4.78 is 5.87. The van der Waals surface area contributed by atoms with Gasteiger partial charge < -0.3 is 15.9 Å². The monoisotopic (exact) mass is 232 g/mol. The molecular formula is C14H20N2O. The summed E-state index contributed by atoms with van der Waals surface area (Å²) in [6, 6.07) is 7.47. The third-order valence-electron chi connectivity index (χ3n) is 3.23. The van der Waals surface area contributed by atoms with Crippen molar-refractivity contribution in [1.29, 1.82) is 5.41 Å². The summed E-state index contributed by atoms with van der Waals surface area (Å²) in [4.78, 5) is 0. The molecule has 3 heteroatoms. The van der Waals surface area contributed by atoms with Crippen molar-refractivity contribution in [3.05, 3.63) is 29.8 Å². The Balaban J connectivity index is 1.99. The minimum atomic E-state index is -0.225. The van der Waals surface area contributed by atoms with E-state index in [4.69, 9.17) is 15.9 Å². The Hall–Kier alpha value is -1.35. The zero-order chi connectivity index (χ0) is 12.3. The Morgan fingerprint density at radius 1 is 1.29 bits per heavy atom. The van der Waals surface area contributed by atoms with Crippen molar-refractivity contribution >= 4 is 5.71 Å². The molecule has 0 heterocycles. The van der Waals surface area contributed by atoms with Crippen LogP contribution in [0.3, 0.4) is 0 Å². The Morgan fingerprint density at radius 2 is 1.88 bits per heavy atom. The second-order valence-corrected chi connectivity index (χ2v) is 4.75. The third kappa shape index (κ3) is 3.07. The molecule has 17 heavy (non-hydrogen) atoms. The van der Waals surface area contributed by atoms with Crippen LogP contribution in [-0.2, 0) is 0 Å². The van der Waals surface area contributed by atoms with E-state index in [0.717, 1.165) is 24.2 Å². The van der Waals surface area contributed by atoms with Gasteiger partial charge in [0.2, 0.25) is 0 Å². The highest BCUT2D eigenvalue weighted by Gasteiger charge is 2.16. The lowest BCUT2D eigenvalue weighted by Gasteiger charge is -2.14. The van der Waals surface area contributed by atoms with Gasteiger partial charge in [0, 0.05) is 6.04 Å². The molecule has 0 spiro atoms. The number of nitrogens with one attached hydrogen (secondary N) is 1. The number of nitrogens with two attached hydrogens (primary N) is 1. The maximum atomic E-state index is 7.81. The zero-order valence-electron chi connectivity index (χ0n) is 10.3. The molecule has 1 atom stereocenters. The van der Waals surface area contributed by atoms with Crippen LogP contribution in [0.4, 0.5) is 0 Å². The molecular weight excluding hydrogens is 212 g/mol. The zero-order valence-corrected chi connectivity index (χ0v) is 10.3. The van der Waals surface area contributed by atoms with Gasteiger partial charge >= 0.3 is 0 Å². The molecule has 0 bridgehead atoms. The lowest BCUT2D eigenvalue weighted by Crippen LogP contribution is -2.26. The second-order valence-electron chi connectivity index (χ2n) is 4.75. The molecule has 1 fully saturated rings. The van der Waals surface area contributed by atoms with Crippen molar-refractivity contribution in [2.24, 2.45) is 5.73 Å². The van der Waals surface area contributed by atoms with Gasteiger partial charge in [0.25, 0.3) is 0 Å². The maximum Gasteiger partial charge on any atom is 0.119 e. The molecule has 1 aromatic carbocycles. The van der Waals surface area contributed by atoms with Crippen LogP contribution < -0.4 is 10.5 Å². The first-order chi connectivity index (χ1) is 8.16. The molecule has 3 N–H and O–H groups in total. The lowest BCUT2D eigenvalue weighted by molar-refractivity contribution is 0.210. The van der Waals surface area contributed by atoms with Crippen LogP contribution in [0.5, 0.6) is 5.75 Å². The Bertz CT molecular complexity index is 378. The fourth-order valence-corrected chi connectivity index (χ4v) is 2.17. The molecule has 3 nitrogen and oxygen atoms in total. The molecule has 2 rings (SSSR count). The molecule has 1 aromatic rings. The predicted octanol–water partition coefficient (Wildman–Crippen LogP) is 2.72. The smallest absolute Gasteiger partial charge is 0.119 e. The quantitative estimate of drug-likeness (QED) is 0.784. The van der Waals surface area contributed by atoms with Gasteiger partial charge in [-0.15, -0.1) is 0 Å². The van der Waals surface area contributed by atoms with Crippen molar-refractivity contribution < 1.29 is 4.74 Å². The van der Waals surface area contributed by atoms with E-state index < -0.39 is 0 Å². The van der Waals surface area contributed by atoms with Crippen LogP contribution in [0.25, 0.3) is 0 Å². The van der Waals surface area contributed by atoms with E-state index in [2.05, 4.69) is 0 Å². The topological polar surface area (TPSA) is 59.1 Å². The summed E-state index contributed by atoms with van der Waals surface area (Å²) in [5.74, 6) is 0.901. The van der Waals surface area contributed by atoms with Crippen molar-refractivity contribution in [3.63, 3.8) is 0 Å². The predicted molar refractivity (Wildman–Crippen MR) is 69.8 cm³/mol. The van der Waals surface area contributed by atoms with E-state index in [0.29, 0.717) is 11.8 Å². The highest BCUT2D eigenvalue weighted by atomic mass is 16.5. The summed E-state index contributed by atoms with van der Waals surface area (Å²) in [5, 5.41) is 7.81. The second kappa shape index (κ2) is 5.32. The van der Waals surface area contributed by atoms with Crippen molar-refractivity contribution in [2.45, 2.75) is 44.8 Å². The minimum absolute atomic E-state index is 0.225. The standard InChI is InChI=1S/C14H20N2O/c1-10(15)14(16)11-6-8-13(9-7-11)17-12-4-2-3-5-12/h6-10,12,16H,2-5,15H2,1H3. The lowest BCUT2D eigenvalue weighted by atomic mass is 10.1. The van der Waals surface area contributed by atoms with E-state index in [9.17, 15) is 0 Å². The molecule has 0 radical (unpaired) electrons. The maximum absolute atomic E-state index is 7.81. The first kappa shape index (κ1) is 12.1. The minimum Gasteiger partial charge on any atom is -0.490 e. The van der Waals surface area contributed by atoms with Crippen LogP contribution in [0.1, 0.15) is 38.2 Å². The largest absolute Gasteiger partial charge is 0.490 e. The Kier molecular flexibility index (Phi) is 3.79. The summed E-state index contributed by atoms with van der Waals surface area (Å²) in [6.07, 6.45) is 5.26. The van der Waals surface area contributed by atoms with Crippen molar-refractivity contribution in [3.8, 4) is 5.75 Å². The van der Waals surface area contributed by atoms with E-state index in [1.54, 1.807) is 0 Å². The van der Waals surface area contributed by atoms with Gasteiger partial charge in [-0.2, -0.15) is 0 Å². The van der Waals surface area contributed by atoms with Gasteiger partial charge in [0.05, 0.1) is 11.8 Å². The van der Waals surface area contributed by atoms with Gasteiger partial charge in [-0.1, -0.05) is 0 Å². The number of ether oxygens (including phenoxy) is 1. The average Bonchev–Trinajstić information content (AvgIpc) is 2.82. The molecule has 1 saturated carbocycles. The van der Waals surface area contributed by atoms with Crippen LogP contribution in [0, 0.1) is 5.41 Å². The normalized spacial score (nSPS) is 18.0. The SMILES string of the molecule is CC(N)C(=N)c1ccc(OC2CCCC2)cc1. The molecule has 0 aliphatic heterocycles. The third-order valence-corrected chi connectivity index (χ3v) is 3.23. The van der Waals surface area contributed by atoms with Gasteiger partial charge in [-0.25, -0.2) is 0 Å². The molecule has 1 aliphatic rings. The molecule has 0 amide bonds. The van der Waals surface area contributed by atoms with E-state index in [1.807, 2.05) is 31.2 Å². The first-order valence-corrected chi connectivity index (χ1v) is 6.28. The summed E-state index contributed by atoms with van der Waals surface area (Å²) >= 11 is 0. The number of hydrogen-bond donors (Lipinski definition) is 2. The van der Waals surface area contributed by atoms with E-state index >= 15 is 0 Å².